The molecule has 0 saturated carbocycles. The highest BCUT2D eigenvalue weighted by Gasteiger charge is 2.36. The van der Waals surface area contributed by atoms with Crippen molar-refractivity contribution in [2.45, 2.75) is 39.2 Å². The summed E-state index contributed by atoms with van der Waals surface area (Å²) in [5.74, 6) is 0. The van der Waals surface area contributed by atoms with Gasteiger partial charge >= 0.3 is 0 Å². The Morgan fingerprint density at radius 1 is 1.26 bits per heavy atom. The molecule has 2 rings (SSSR count). The van der Waals surface area contributed by atoms with Gasteiger partial charge in [0.1, 0.15) is 0 Å². The van der Waals surface area contributed by atoms with Crippen LogP contribution in [0, 0.1) is 5.41 Å². The molecule has 0 N–H and O–H groups in total. The zero-order valence-electron chi connectivity index (χ0n) is 12.5. The van der Waals surface area contributed by atoms with Gasteiger partial charge in [-0.2, -0.15) is 0 Å². The molecule has 2 fully saturated rings. The van der Waals surface area contributed by atoms with Gasteiger partial charge in [-0.05, 0) is 44.3 Å². The summed E-state index contributed by atoms with van der Waals surface area (Å²) in [5, 5.41) is 1.12. The largest absolute Gasteiger partial charge is 0.381 e. The Hall–Kier alpha value is 0.360. The Kier molecular flexibility index (Phi) is 6.12. The van der Waals surface area contributed by atoms with Crippen molar-refractivity contribution in [1.82, 2.24) is 9.80 Å². The van der Waals surface area contributed by atoms with Crippen LogP contribution in [-0.2, 0) is 4.74 Å². The van der Waals surface area contributed by atoms with Crippen LogP contribution in [-0.4, -0.2) is 67.1 Å². The molecule has 0 bridgehead atoms. The van der Waals surface area contributed by atoms with Crippen LogP contribution in [0.5, 0.6) is 0 Å². The van der Waals surface area contributed by atoms with Gasteiger partial charge in [-0.3, -0.25) is 4.90 Å². The molecule has 1 atom stereocenters. The van der Waals surface area contributed by atoms with E-state index in [9.17, 15) is 0 Å². The number of halogens is 1. The van der Waals surface area contributed by atoms with Gasteiger partial charge in [0.2, 0.25) is 0 Å². The first kappa shape index (κ1) is 15.7. The molecular weight excluding hydrogens is 304 g/mol. The van der Waals surface area contributed by atoms with Crippen molar-refractivity contribution in [3.05, 3.63) is 0 Å². The molecule has 1 unspecified atom stereocenters. The SMILES string of the molecule is CCN(CC)C1CCN(CC2(CBr)CCOCC2)C1. The van der Waals surface area contributed by atoms with Crippen LogP contribution in [0.15, 0.2) is 0 Å². The van der Waals surface area contributed by atoms with E-state index in [0.717, 1.165) is 24.6 Å². The molecule has 2 aliphatic heterocycles. The van der Waals surface area contributed by atoms with Gasteiger partial charge in [0, 0.05) is 37.7 Å². The number of alkyl halides is 1. The first-order valence-corrected chi connectivity index (χ1v) is 8.95. The van der Waals surface area contributed by atoms with Crippen molar-refractivity contribution in [2.75, 3.05) is 51.3 Å². The van der Waals surface area contributed by atoms with Crippen LogP contribution in [0.25, 0.3) is 0 Å². The summed E-state index contributed by atoms with van der Waals surface area (Å²) in [6.07, 6.45) is 3.77. The minimum atomic E-state index is 0.455. The number of rotatable bonds is 6. The molecular formula is C15H29BrN2O. The van der Waals surface area contributed by atoms with E-state index in [1.165, 1.54) is 52.0 Å². The predicted molar refractivity (Wildman–Crippen MR) is 84.0 cm³/mol. The van der Waals surface area contributed by atoms with Gasteiger partial charge in [0.25, 0.3) is 0 Å². The molecule has 19 heavy (non-hydrogen) atoms. The summed E-state index contributed by atoms with van der Waals surface area (Å²) < 4.78 is 5.54. The summed E-state index contributed by atoms with van der Waals surface area (Å²) in [6, 6.07) is 0.780. The summed E-state index contributed by atoms with van der Waals surface area (Å²) in [5.41, 5.74) is 0.455. The normalized spacial score (nSPS) is 28.1. The molecule has 0 aromatic rings. The maximum atomic E-state index is 5.54. The Morgan fingerprint density at radius 3 is 2.53 bits per heavy atom. The first-order valence-electron chi connectivity index (χ1n) is 7.83. The third-order valence-electron chi connectivity index (χ3n) is 4.97. The lowest BCUT2D eigenvalue weighted by atomic mass is 9.82. The van der Waals surface area contributed by atoms with Gasteiger partial charge in [-0.25, -0.2) is 0 Å². The number of hydrogen-bond acceptors (Lipinski definition) is 3. The molecule has 0 aromatic carbocycles. The second-order valence-corrected chi connectivity index (χ2v) is 6.71. The number of likely N-dealkylation sites (tertiary alicyclic amines) is 1. The van der Waals surface area contributed by atoms with E-state index in [1.54, 1.807) is 0 Å². The van der Waals surface area contributed by atoms with Crippen LogP contribution in [0.1, 0.15) is 33.1 Å². The van der Waals surface area contributed by atoms with Crippen LogP contribution in [0.3, 0.4) is 0 Å². The topological polar surface area (TPSA) is 15.7 Å². The number of hydrogen-bond donors (Lipinski definition) is 0. The number of ether oxygens (including phenoxy) is 1. The van der Waals surface area contributed by atoms with E-state index in [-0.39, 0.29) is 0 Å². The van der Waals surface area contributed by atoms with Gasteiger partial charge in [-0.1, -0.05) is 29.8 Å². The third-order valence-corrected chi connectivity index (χ3v) is 6.16. The summed E-state index contributed by atoms with van der Waals surface area (Å²) in [7, 11) is 0. The van der Waals surface area contributed by atoms with Crippen molar-refractivity contribution in [1.29, 1.82) is 0 Å². The molecule has 0 aromatic heterocycles. The highest BCUT2D eigenvalue weighted by molar-refractivity contribution is 9.09. The van der Waals surface area contributed by atoms with Gasteiger partial charge in [0.15, 0.2) is 0 Å². The van der Waals surface area contributed by atoms with E-state index in [0.29, 0.717) is 5.41 Å². The van der Waals surface area contributed by atoms with Crippen molar-refractivity contribution in [3.8, 4) is 0 Å². The van der Waals surface area contributed by atoms with E-state index < -0.39 is 0 Å². The maximum absolute atomic E-state index is 5.54. The molecule has 0 spiro atoms. The van der Waals surface area contributed by atoms with Gasteiger partial charge in [-0.15, -0.1) is 0 Å². The Bertz CT molecular complexity index is 265. The average molecular weight is 333 g/mol. The molecule has 2 heterocycles. The zero-order chi connectivity index (χ0) is 13.7. The number of nitrogens with zero attached hydrogens (tertiary/aromatic N) is 2. The lowest BCUT2D eigenvalue weighted by Gasteiger charge is -2.39. The molecule has 4 heteroatoms. The van der Waals surface area contributed by atoms with Crippen molar-refractivity contribution in [3.63, 3.8) is 0 Å². The minimum Gasteiger partial charge on any atom is -0.381 e. The summed E-state index contributed by atoms with van der Waals surface area (Å²) >= 11 is 3.75. The molecule has 3 nitrogen and oxygen atoms in total. The second-order valence-electron chi connectivity index (χ2n) is 6.14. The van der Waals surface area contributed by atoms with Crippen molar-refractivity contribution < 1.29 is 4.74 Å². The minimum absolute atomic E-state index is 0.455. The Morgan fingerprint density at radius 2 is 1.95 bits per heavy atom. The van der Waals surface area contributed by atoms with E-state index >= 15 is 0 Å². The van der Waals surface area contributed by atoms with Crippen LogP contribution in [0.4, 0.5) is 0 Å². The highest BCUT2D eigenvalue weighted by Crippen LogP contribution is 2.34. The lowest BCUT2D eigenvalue weighted by molar-refractivity contribution is 0.0107. The quantitative estimate of drug-likeness (QED) is 0.695. The second kappa shape index (κ2) is 7.39. The standard InChI is InChI=1S/C15H29BrN2O/c1-3-18(4-2)14-5-8-17(11-14)13-15(12-16)6-9-19-10-7-15/h14H,3-13H2,1-2H3. The van der Waals surface area contributed by atoms with Crippen LogP contribution in [0.2, 0.25) is 0 Å². The average Bonchev–Trinajstić information content (AvgIpc) is 2.89. The summed E-state index contributed by atoms with van der Waals surface area (Å²) in [6.45, 7) is 12.6. The summed E-state index contributed by atoms with van der Waals surface area (Å²) in [4.78, 5) is 5.31. The maximum Gasteiger partial charge on any atom is 0.0472 e. The fourth-order valence-corrected chi connectivity index (χ4v) is 4.34. The molecule has 2 aliphatic rings. The fraction of sp³-hybridized carbons (Fsp3) is 1.00. The zero-order valence-corrected chi connectivity index (χ0v) is 14.1. The molecule has 0 radical (unpaired) electrons. The van der Waals surface area contributed by atoms with Crippen LogP contribution >= 0.6 is 15.9 Å². The molecule has 2 saturated heterocycles. The lowest BCUT2D eigenvalue weighted by Crippen LogP contribution is -2.43. The molecule has 112 valence electrons. The van der Waals surface area contributed by atoms with Gasteiger partial charge < -0.3 is 9.64 Å². The van der Waals surface area contributed by atoms with Gasteiger partial charge in [0.05, 0.1) is 0 Å². The number of likely N-dealkylation sites (N-methyl/N-ethyl adjacent to an activating group) is 1. The monoisotopic (exact) mass is 332 g/mol. The predicted octanol–water partition coefficient (Wildman–Crippen LogP) is 2.59. The van der Waals surface area contributed by atoms with E-state index in [4.69, 9.17) is 4.74 Å². The Labute approximate surface area is 126 Å². The van der Waals surface area contributed by atoms with E-state index in [1.807, 2.05) is 0 Å². The third kappa shape index (κ3) is 3.93. The smallest absolute Gasteiger partial charge is 0.0472 e. The Balaban J connectivity index is 1.86. The fourth-order valence-electron chi connectivity index (χ4n) is 3.61. The highest BCUT2D eigenvalue weighted by atomic mass is 79.9. The first-order chi connectivity index (χ1) is 9.23. The van der Waals surface area contributed by atoms with Crippen molar-refractivity contribution in [2.24, 2.45) is 5.41 Å². The molecule has 0 aliphatic carbocycles. The molecule has 0 amide bonds. The van der Waals surface area contributed by atoms with E-state index in [2.05, 4.69) is 39.6 Å². The van der Waals surface area contributed by atoms with Crippen LogP contribution < -0.4 is 0 Å². The van der Waals surface area contributed by atoms with Crippen molar-refractivity contribution >= 4 is 15.9 Å².